The summed E-state index contributed by atoms with van der Waals surface area (Å²) in [7, 11) is 0. The predicted molar refractivity (Wildman–Crippen MR) is 109 cm³/mol. The minimum atomic E-state index is -0.678. The fourth-order valence-corrected chi connectivity index (χ4v) is 4.47. The van der Waals surface area contributed by atoms with Gasteiger partial charge in [-0.3, -0.25) is 4.79 Å². The molecule has 0 bridgehead atoms. The minimum Gasteiger partial charge on any atom is -0.455 e. The van der Waals surface area contributed by atoms with Gasteiger partial charge in [0.05, 0.1) is 0 Å². The highest BCUT2D eigenvalue weighted by atomic mass is 16.6. The SMILES string of the molecule is CC(=O)OC(C)(C)c1cc(C)c2ccc3c(C)cc(C)c4ccc1c2c34. The second-order valence-electron chi connectivity index (χ2n) is 7.93. The first-order valence-electron chi connectivity index (χ1n) is 9.09. The van der Waals surface area contributed by atoms with Crippen molar-refractivity contribution in [1.82, 2.24) is 0 Å². The summed E-state index contributed by atoms with van der Waals surface area (Å²) in [4.78, 5) is 11.7. The summed E-state index contributed by atoms with van der Waals surface area (Å²) in [6.45, 7) is 11.9. The molecule has 4 aromatic carbocycles. The molecule has 0 N–H and O–H groups in total. The van der Waals surface area contributed by atoms with Crippen molar-refractivity contribution >= 4 is 38.3 Å². The molecule has 0 amide bonds. The van der Waals surface area contributed by atoms with Crippen LogP contribution in [-0.2, 0) is 15.1 Å². The molecule has 0 aliphatic carbocycles. The Bertz CT molecular complexity index is 1160. The van der Waals surface area contributed by atoms with E-state index in [1.807, 2.05) is 13.8 Å². The highest BCUT2D eigenvalue weighted by molar-refractivity contribution is 6.25. The van der Waals surface area contributed by atoms with E-state index >= 15 is 0 Å². The Morgan fingerprint density at radius 1 is 0.769 bits per heavy atom. The van der Waals surface area contributed by atoms with Crippen LogP contribution >= 0.6 is 0 Å². The lowest BCUT2D eigenvalue weighted by atomic mass is 9.83. The molecule has 132 valence electrons. The maximum atomic E-state index is 11.7. The van der Waals surface area contributed by atoms with Gasteiger partial charge in [-0.1, -0.05) is 36.4 Å². The van der Waals surface area contributed by atoms with Crippen LogP contribution in [0.15, 0.2) is 36.4 Å². The van der Waals surface area contributed by atoms with Crippen LogP contribution in [0.3, 0.4) is 0 Å². The lowest BCUT2D eigenvalue weighted by Gasteiger charge is -2.28. The van der Waals surface area contributed by atoms with Crippen LogP contribution in [0, 0.1) is 20.8 Å². The van der Waals surface area contributed by atoms with Crippen LogP contribution in [0.5, 0.6) is 0 Å². The van der Waals surface area contributed by atoms with Gasteiger partial charge in [0.1, 0.15) is 5.60 Å². The fourth-order valence-electron chi connectivity index (χ4n) is 4.47. The molecule has 4 aromatic rings. The van der Waals surface area contributed by atoms with Crippen molar-refractivity contribution in [3.8, 4) is 0 Å². The van der Waals surface area contributed by atoms with Crippen molar-refractivity contribution in [2.75, 3.05) is 0 Å². The monoisotopic (exact) mass is 344 g/mol. The van der Waals surface area contributed by atoms with E-state index in [0.717, 1.165) is 5.56 Å². The standard InChI is InChI=1S/C24H24O2/c1-13-11-14(2)18-9-10-20-21(24(5,6)26-16(4)25)12-15(3)19-8-7-17(13)22(18)23(19)20/h7-12H,1-6H3. The van der Waals surface area contributed by atoms with Crippen LogP contribution in [0.2, 0.25) is 0 Å². The Kier molecular flexibility index (Phi) is 3.52. The molecule has 0 aliphatic heterocycles. The van der Waals surface area contributed by atoms with Crippen LogP contribution < -0.4 is 0 Å². The van der Waals surface area contributed by atoms with Gasteiger partial charge in [-0.2, -0.15) is 0 Å². The van der Waals surface area contributed by atoms with Crippen molar-refractivity contribution in [3.05, 3.63) is 58.7 Å². The number of rotatable bonds is 2. The zero-order valence-corrected chi connectivity index (χ0v) is 16.3. The van der Waals surface area contributed by atoms with Crippen LogP contribution in [0.1, 0.15) is 43.0 Å². The molecule has 0 aromatic heterocycles. The summed E-state index contributed by atoms with van der Waals surface area (Å²) in [6.07, 6.45) is 0. The molecule has 2 nitrogen and oxygen atoms in total. The lowest BCUT2D eigenvalue weighted by molar-refractivity contribution is -0.154. The first kappa shape index (κ1) is 16.8. The number of benzene rings is 4. The number of carbonyl (C=O) groups excluding carboxylic acids is 1. The number of aryl methyl sites for hydroxylation is 3. The van der Waals surface area contributed by atoms with Crippen LogP contribution in [-0.4, -0.2) is 5.97 Å². The zero-order chi connectivity index (χ0) is 18.8. The summed E-state index contributed by atoms with van der Waals surface area (Å²) < 4.78 is 5.68. The lowest BCUT2D eigenvalue weighted by Crippen LogP contribution is -2.24. The van der Waals surface area contributed by atoms with E-state index in [4.69, 9.17) is 4.74 Å². The van der Waals surface area contributed by atoms with Gasteiger partial charge in [-0.15, -0.1) is 0 Å². The summed E-state index contributed by atoms with van der Waals surface area (Å²) >= 11 is 0. The van der Waals surface area contributed by atoms with Gasteiger partial charge in [0.25, 0.3) is 0 Å². The van der Waals surface area contributed by atoms with E-state index in [-0.39, 0.29) is 5.97 Å². The Hall–Kier alpha value is -2.61. The van der Waals surface area contributed by atoms with E-state index in [1.165, 1.54) is 55.9 Å². The Morgan fingerprint density at radius 3 is 1.69 bits per heavy atom. The van der Waals surface area contributed by atoms with E-state index < -0.39 is 5.60 Å². The van der Waals surface area contributed by atoms with E-state index in [2.05, 4.69) is 57.2 Å². The van der Waals surface area contributed by atoms with Gasteiger partial charge in [-0.25, -0.2) is 0 Å². The Balaban J connectivity index is 2.23. The molecular formula is C24H24O2. The zero-order valence-electron chi connectivity index (χ0n) is 16.3. The number of ether oxygens (including phenoxy) is 1. The molecule has 0 saturated carbocycles. The summed E-state index contributed by atoms with van der Waals surface area (Å²) in [5, 5.41) is 7.63. The quantitative estimate of drug-likeness (QED) is 0.315. The highest BCUT2D eigenvalue weighted by Crippen LogP contribution is 2.42. The predicted octanol–water partition coefficient (Wildman–Crippen LogP) is 6.31. The van der Waals surface area contributed by atoms with E-state index in [9.17, 15) is 4.79 Å². The normalized spacial score (nSPS) is 12.4. The second kappa shape index (κ2) is 5.44. The third kappa shape index (κ3) is 2.28. The van der Waals surface area contributed by atoms with Gasteiger partial charge in [0.2, 0.25) is 0 Å². The smallest absolute Gasteiger partial charge is 0.303 e. The molecule has 2 heteroatoms. The minimum absolute atomic E-state index is 0.259. The fraction of sp³-hybridized carbons (Fsp3) is 0.292. The van der Waals surface area contributed by atoms with E-state index in [1.54, 1.807) is 0 Å². The average molecular weight is 344 g/mol. The molecule has 0 aliphatic rings. The third-order valence-corrected chi connectivity index (χ3v) is 5.57. The summed E-state index contributed by atoms with van der Waals surface area (Å²) in [6, 6.07) is 13.3. The van der Waals surface area contributed by atoms with Crippen molar-refractivity contribution in [2.45, 2.75) is 47.1 Å². The molecule has 0 unspecified atom stereocenters. The second-order valence-corrected chi connectivity index (χ2v) is 7.93. The maximum absolute atomic E-state index is 11.7. The molecule has 0 spiro atoms. The van der Waals surface area contributed by atoms with Gasteiger partial charge < -0.3 is 4.74 Å². The van der Waals surface area contributed by atoms with Gasteiger partial charge in [0, 0.05) is 12.5 Å². The molecule has 26 heavy (non-hydrogen) atoms. The van der Waals surface area contributed by atoms with Crippen molar-refractivity contribution in [1.29, 1.82) is 0 Å². The third-order valence-electron chi connectivity index (χ3n) is 5.57. The van der Waals surface area contributed by atoms with Gasteiger partial charge >= 0.3 is 5.97 Å². The number of esters is 1. The molecular weight excluding hydrogens is 320 g/mol. The Labute approximate surface area is 154 Å². The number of carbonyl (C=O) groups is 1. The molecule has 0 heterocycles. The maximum Gasteiger partial charge on any atom is 0.303 e. The van der Waals surface area contributed by atoms with Crippen LogP contribution in [0.4, 0.5) is 0 Å². The molecule has 4 rings (SSSR count). The summed E-state index contributed by atoms with van der Waals surface area (Å²) in [5.74, 6) is -0.259. The first-order valence-corrected chi connectivity index (χ1v) is 9.09. The van der Waals surface area contributed by atoms with E-state index in [0.29, 0.717) is 0 Å². The Morgan fingerprint density at radius 2 is 1.19 bits per heavy atom. The van der Waals surface area contributed by atoms with Crippen molar-refractivity contribution in [2.24, 2.45) is 0 Å². The molecule has 0 atom stereocenters. The summed E-state index contributed by atoms with van der Waals surface area (Å²) in [5.41, 5.74) is 4.19. The van der Waals surface area contributed by atoms with Crippen molar-refractivity contribution < 1.29 is 9.53 Å². The highest BCUT2D eigenvalue weighted by Gasteiger charge is 2.28. The van der Waals surface area contributed by atoms with Crippen molar-refractivity contribution in [3.63, 3.8) is 0 Å². The molecule has 0 fully saturated rings. The molecule has 0 saturated heterocycles. The van der Waals surface area contributed by atoms with Crippen LogP contribution in [0.25, 0.3) is 32.3 Å². The van der Waals surface area contributed by atoms with Gasteiger partial charge in [0.15, 0.2) is 0 Å². The van der Waals surface area contributed by atoms with Gasteiger partial charge in [-0.05, 0) is 83.6 Å². The first-order chi connectivity index (χ1) is 12.2. The topological polar surface area (TPSA) is 26.3 Å². The number of hydrogen-bond donors (Lipinski definition) is 0. The average Bonchev–Trinajstić information content (AvgIpc) is 2.55. The molecule has 0 radical (unpaired) electrons. The number of hydrogen-bond acceptors (Lipinski definition) is 2. The largest absolute Gasteiger partial charge is 0.455 e.